The van der Waals surface area contributed by atoms with Gasteiger partial charge in [0.2, 0.25) is 0 Å². The molecule has 0 spiro atoms. The summed E-state index contributed by atoms with van der Waals surface area (Å²) >= 11 is 3.41. The fraction of sp³-hybridized carbons (Fsp3) is 0.250. The molecular weight excluding hydrogens is 446 g/mol. The molecule has 9 heteroatoms. The number of rotatable bonds is 8. The van der Waals surface area contributed by atoms with E-state index in [4.69, 9.17) is 23.4 Å². The molecule has 152 valence electrons. The van der Waals surface area contributed by atoms with E-state index in [-0.39, 0.29) is 24.8 Å². The first kappa shape index (κ1) is 20.7. The molecule has 0 N–H and O–H groups in total. The summed E-state index contributed by atoms with van der Waals surface area (Å²) in [5.41, 5.74) is 0.742. The molecule has 0 unspecified atom stereocenters. The highest BCUT2D eigenvalue weighted by Crippen LogP contribution is 2.38. The van der Waals surface area contributed by atoms with Crippen molar-refractivity contribution in [3.63, 3.8) is 0 Å². The van der Waals surface area contributed by atoms with E-state index >= 15 is 0 Å². The van der Waals surface area contributed by atoms with Gasteiger partial charge < -0.3 is 23.4 Å². The van der Waals surface area contributed by atoms with Crippen LogP contribution in [-0.4, -0.2) is 37.7 Å². The molecule has 0 saturated carbocycles. The Morgan fingerprint density at radius 1 is 1.24 bits per heavy atom. The highest BCUT2D eigenvalue weighted by molar-refractivity contribution is 9.10. The number of carbonyl (C=O) groups is 2. The lowest BCUT2D eigenvalue weighted by molar-refractivity contribution is -0.145. The van der Waals surface area contributed by atoms with Gasteiger partial charge in [-0.25, -0.2) is 14.6 Å². The van der Waals surface area contributed by atoms with Crippen molar-refractivity contribution in [1.82, 2.24) is 0 Å². The molecule has 2 aromatic rings. The van der Waals surface area contributed by atoms with Crippen LogP contribution in [0.15, 0.2) is 50.1 Å². The van der Waals surface area contributed by atoms with Crippen LogP contribution in [-0.2, 0) is 19.1 Å². The van der Waals surface area contributed by atoms with Crippen molar-refractivity contribution in [2.75, 3.05) is 19.8 Å². The lowest BCUT2D eigenvalue weighted by Gasteiger charge is -2.14. The Morgan fingerprint density at radius 3 is 2.76 bits per heavy atom. The minimum Gasteiger partial charge on any atom is -0.490 e. The van der Waals surface area contributed by atoms with Crippen molar-refractivity contribution < 1.29 is 33.0 Å². The van der Waals surface area contributed by atoms with Gasteiger partial charge >= 0.3 is 11.9 Å². The molecule has 8 nitrogen and oxygen atoms in total. The van der Waals surface area contributed by atoms with Gasteiger partial charge in [-0.2, -0.15) is 0 Å². The van der Waals surface area contributed by atoms with E-state index in [0.717, 1.165) is 0 Å². The summed E-state index contributed by atoms with van der Waals surface area (Å²) in [6, 6.07) is 6.71. The van der Waals surface area contributed by atoms with Gasteiger partial charge in [-0.15, -0.1) is 0 Å². The largest absolute Gasteiger partial charge is 0.490 e. The molecule has 1 aromatic heterocycles. The fourth-order valence-electron chi connectivity index (χ4n) is 2.48. The number of esters is 2. The molecule has 1 aliphatic rings. The highest BCUT2D eigenvalue weighted by Gasteiger charge is 2.26. The molecule has 0 radical (unpaired) electrons. The van der Waals surface area contributed by atoms with Gasteiger partial charge in [0.1, 0.15) is 0 Å². The quantitative estimate of drug-likeness (QED) is 0.434. The van der Waals surface area contributed by atoms with Gasteiger partial charge in [0.05, 0.1) is 23.9 Å². The van der Waals surface area contributed by atoms with Crippen LogP contribution in [0.3, 0.4) is 0 Å². The van der Waals surface area contributed by atoms with Crippen LogP contribution in [0.2, 0.25) is 0 Å². The van der Waals surface area contributed by atoms with Crippen LogP contribution in [0.5, 0.6) is 11.5 Å². The average molecular weight is 464 g/mol. The predicted octanol–water partition coefficient (Wildman–Crippen LogP) is 3.73. The number of halogens is 1. The zero-order valence-corrected chi connectivity index (χ0v) is 17.4. The van der Waals surface area contributed by atoms with Gasteiger partial charge in [0.15, 0.2) is 29.6 Å². The smallest absolute Gasteiger partial charge is 0.363 e. The number of furan rings is 1. The summed E-state index contributed by atoms with van der Waals surface area (Å²) in [7, 11) is 0. The van der Waals surface area contributed by atoms with Gasteiger partial charge in [-0.1, -0.05) is 0 Å². The van der Waals surface area contributed by atoms with Gasteiger partial charge in [-0.3, -0.25) is 0 Å². The Labute approximate surface area is 175 Å². The maximum atomic E-state index is 12.1. The van der Waals surface area contributed by atoms with E-state index < -0.39 is 11.9 Å². The van der Waals surface area contributed by atoms with Crippen LogP contribution in [0.1, 0.15) is 25.2 Å². The minimum absolute atomic E-state index is 0.102. The molecule has 0 fully saturated rings. The highest BCUT2D eigenvalue weighted by atomic mass is 79.9. The molecule has 0 bridgehead atoms. The van der Waals surface area contributed by atoms with Crippen LogP contribution < -0.4 is 9.47 Å². The molecule has 0 atom stereocenters. The number of benzene rings is 1. The third-order valence-electron chi connectivity index (χ3n) is 3.63. The van der Waals surface area contributed by atoms with Crippen LogP contribution in [0.4, 0.5) is 0 Å². The zero-order chi connectivity index (χ0) is 20.8. The lowest BCUT2D eigenvalue weighted by Crippen LogP contribution is -2.15. The summed E-state index contributed by atoms with van der Waals surface area (Å²) in [4.78, 5) is 27.9. The van der Waals surface area contributed by atoms with E-state index in [9.17, 15) is 9.59 Å². The van der Waals surface area contributed by atoms with Crippen molar-refractivity contribution in [2.45, 2.75) is 13.8 Å². The molecule has 0 aliphatic carbocycles. The first-order valence-electron chi connectivity index (χ1n) is 8.83. The van der Waals surface area contributed by atoms with Crippen molar-refractivity contribution in [2.24, 2.45) is 4.99 Å². The molecular formula is C20H18BrNO7. The minimum atomic E-state index is -0.590. The van der Waals surface area contributed by atoms with Gasteiger partial charge in [0, 0.05) is 0 Å². The average Bonchev–Trinajstić information content (AvgIpc) is 3.32. The second-order valence-electron chi connectivity index (χ2n) is 5.67. The van der Waals surface area contributed by atoms with Crippen molar-refractivity contribution in [3.05, 3.63) is 52.0 Å². The zero-order valence-electron chi connectivity index (χ0n) is 15.8. The second kappa shape index (κ2) is 9.42. The van der Waals surface area contributed by atoms with Crippen molar-refractivity contribution in [1.29, 1.82) is 0 Å². The summed E-state index contributed by atoms with van der Waals surface area (Å²) in [6.45, 7) is 3.93. The summed E-state index contributed by atoms with van der Waals surface area (Å²) in [6.07, 6.45) is 3.02. The van der Waals surface area contributed by atoms with Crippen molar-refractivity contribution in [3.8, 4) is 11.5 Å². The first-order chi connectivity index (χ1) is 14.0. The SMILES string of the molecule is CCOC(=O)COc1c(Br)cc(C=C2N=C(c3ccco3)OC2=O)cc1OCC. The van der Waals surface area contributed by atoms with E-state index in [1.54, 1.807) is 37.3 Å². The third kappa shape index (κ3) is 5.05. The van der Waals surface area contributed by atoms with E-state index in [0.29, 0.717) is 33.9 Å². The Kier molecular flexibility index (Phi) is 6.71. The van der Waals surface area contributed by atoms with Gasteiger partial charge in [-0.05, 0) is 65.7 Å². The van der Waals surface area contributed by atoms with Crippen LogP contribution >= 0.6 is 15.9 Å². The monoisotopic (exact) mass is 463 g/mol. The number of ether oxygens (including phenoxy) is 4. The topological polar surface area (TPSA) is 96.6 Å². The number of aliphatic imine (C=N–C) groups is 1. The first-order valence-corrected chi connectivity index (χ1v) is 9.62. The standard InChI is InChI=1S/C20H18BrNO7/c1-3-25-16-10-12(8-13(21)18(16)28-11-17(23)26-4-2)9-14-20(24)29-19(22-14)15-6-5-7-27-15/h5-10H,3-4,11H2,1-2H3. The number of nitrogens with zero attached hydrogens (tertiary/aromatic N) is 1. The Balaban J connectivity index is 1.87. The molecule has 29 heavy (non-hydrogen) atoms. The molecule has 3 rings (SSSR count). The molecule has 2 heterocycles. The number of hydrogen-bond acceptors (Lipinski definition) is 8. The van der Waals surface area contributed by atoms with E-state index in [2.05, 4.69) is 20.9 Å². The maximum Gasteiger partial charge on any atom is 0.363 e. The second-order valence-corrected chi connectivity index (χ2v) is 6.52. The van der Waals surface area contributed by atoms with Crippen LogP contribution in [0, 0.1) is 0 Å². The Morgan fingerprint density at radius 2 is 2.07 bits per heavy atom. The Hall–Kier alpha value is -3.07. The normalized spacial score (nSPS) is 14.5. The molecule has 1 aromatic carbocycles. The number of cyclic esters (lactones) is 1. The predicted molar refractivity (Wildman–Crippen MR) is 107 cm³/mol. The van der Waals surface area contributed by atoms with Gasteiger partial charge in [0.25, 0.3) is 5.90 Å². The van der Waals surface area contributed by atoms with Crippen LogP contribution in [0.25, 0.3) is 6.08 Å². The number of carbonyl (C=O) groups excluding carboxylic acids is 2. The third-order valence-corrected chi connectivity index (χ3v) is 4.22. The molecule has 0 amide bonds. The van der Waals surface area contributed by atoms with Crippen molar-refractivity contribution >= 4 is 39.8 Å². The summed E-state index contributed by atoms with van der Waals surface area (Å²) in [5, 5.41) is 0. The summed E-state index contributed by atoms with van der Waals surface area (Å²) < 4.78 is 26.9. The number of hydrogen-bond donors (Lipinski definition) is 0. The van der Waals surface area contributed by atoms with E-state index in [1.165, 1.54) is 6.26 Å². The lowest BCUT2D eigenvalue weighted by atomic mass is 10.1. The molecule has 0 saturated heterocycles. The Bertz CT molecular complexity index is 963. The summed E-state index contributed by atoms with van der Waals surface area (Å²) in [5.74, 6) is 0.149. The van der Waals surface area contributed by atoms with E-state index in [1.807, 2.05) is 6.92 Å². The maximum absolute atomic E-state index is 12.1. The fourth-order valence-corrected chi connectivity index (χ4v) is 3.05. The molecule has 1 aliphatic heterocycles.